The number of halogens is 2. The number of guanidine groups is 1. The quantitative estimate of drug-likeness (QED) is 0.384. The van der Waals surface area contributed by atoms with Crippen LogP contribution in [0.5, 0.6) is 0 Å². The summed E-state index contributed by atoms with van der Waals surface area (Å²) in [6.45, 7) is 7.31. The molecule has 1 amide bonds. The molecule has 7 nitrogen and oxygen atoms in total. The molecule has 0 aliphatic rings. The lowest BCUT2D eigenvalue weighted by atomic mass is 10.2. The molecule has 1 heterocycles. The number of amides is 1. The number of hydrogen-bond donors (Lipinski definition) is 1. The minimum Gasteiger partial charge on any atom is -0.444 e. The number of hydrogen-bond acceptors (Lipinski definition) is 3. The maximum atomic E-state index is 11.9. The number of ether oxygens (including phenoxy) is 1. The van der Waals surface area contributed by atoms with Gasteiger partial charge in [-0.05, 0) is 26.8 Å². The van der Waals surface area contributed by atoms with Gasteiger partial charge >= 0.3 is 6.09 Å². The molecular weight excluding hydrogens is 469 g/mol. The molecule has 1 N–H and O–H groups in total. The third-order valence-electron chi connectivity index (χ3n) is 3.48. The lowest BCUT2D eigenvalue weighted by Gasteiger charge is -2.26. The molecule has 0 radical (unpaired) electrons. The first-order valence-electron chi connectivity index (χ1n) is 8.20. The normalized spacial score (nSPS) is 11.6. The van der Waals surface area contributed by atoms with Crippen molar-refractivity contribution in [2.24, 2.45) is 12.0 Å². The van der Waals surface area contributed by atoms with Crippen molar-refractivity contribution < 1.29 is 9.53 Å². The molecular formula is C17H31ClIN5O2. The van der Waals surface area contributed by atoms with Crippen LogP contribution >= 0.6 is 35.6 Å². The molecule has 150 valence electrons. The average molecular weight is 500 g/mol. The molecule has 1 aromatic rings. The topological polar surface area (TPSA) is 62.1 Å². The van der Waals surface area contributed by atoms with E-state index in [-0.39, 0.29) is 30.1 Å². The molecule has 0 aliphatic carbocycles. The van der Waals surface area contributed by atoms with Gasteiger partial charge in [0.1, 0.15) is 5.60 Å². The molecule has 0 aliphatic heterocycles. The zero-order chi connectivity index (χ0) is 19.2. The van der Waals surface area contributed by atoms with Crippen molar-refractivity contribution in [2.75, 3.05) is 34.2 Å². The van der Waals surface area contributed by atoms with Crippen molar-refractivity contribution in [2.45, 2.75) is 32.9 Å². The first-order valence-corrected chi connectivity index (χ1v) is 8.58. The number of carbonyl (C=O) groups is 1. The van der Waals surface area contributed by atoms with Gasteiger partial charge in [0.25, 0.3) is 0 Å². The van der Waals surface area contributed by atoms with E-state index in [2.05, 4.69) is 10.3 Å². The fourth-order valence-electron chi connectivity index (χ4n) is 2.19. The summed E-state index contributed by atoms with van der Waals surface area (Å²) in [5.41, 5.74) is 0.590. The summed E-state index contributed by atoms with van der Waals surface area (Å²) in [7, 11) is 7.36. The maximum Gasteiger partial charge on any atom is 0.410 e. The Morgan fingerprint density at radius 2 is 1.96 bits per heavy atom. The van der Waals surface area contributed by atoms with Crippen molar-refractivity contribution in [3.63, 3.8) is 0 Å². The van der Waals surface area contributed by atoms with E-state index in [1.54, 1.807) is 19.0 Å². The van der Waals surface area contributed by atoms with Gasteiger partial charge in [-0.3, -0.25) is 4.99 Å². The summed E-state index contributed by atoms with van der Waals surface area (Å²) >= 11 is 6.02. The van der Waals surface area contributed by atoms with Gasteiger partial charge in [0, 0.05) is 53.2 Å². The van der Waals surface area contributed by atoms with Gasteiger partial charge in [-0.2, -0.15) is 0 Å². The highest BCUT2D eigenvalue weighted by Crippen LogP contribution is 2.14. The van der Waals surface area contributed by atoms with Gasteiger partial charge in [0.2, 0.25) is 0 Å². The molecule has 0 bridgehead atoms. The molecule has 0 saturated carbocycles. The second-order valence-corrected chi connectivity index (χ2v) is 7.43. The van der Waals surface area contributed by atoms with Gasteiger partial charge in [-0.1, -0.05) is 11.6 Å². The van der Waals surface area contributed by atoms with Crippen molar-refractivity contribution >= 4 is 47.6 Å². The van der Waals surface area contributed by atoms with Crippen LogP contribution in [-0.2, 0) is 18.3 Å². The number of carbonyl (C=O) groups excluding carboxylic acids is 1. The summed E-state index contributed by atoms with van der Waals surface area (Å²) < 4.78 is 7.32. The van der Waals surface area contributed by atoms with Gasteiger partial charge in [0.15, 0.2) is 5.96 Å². The van der Waals surface area contributed by atoms with E-state index < -0.39 is 5.60 Å². The highest BCUT2D eigenvalue weighted by atomic mass is 127. The Morgan fingerprint density at radius 3 is 2.42 bits per heavy atom. The highest BCUT2D eigenvalue weighted by molar-refractivity contribution is 14.0. The van der Waals surface area contributed by atoms with E-state index in [0.29, 0.717) is 24.7 Å². The van der Waals surface area contributed by atoms with Crippen LogP contribution in [0.25, 0.3) is 0 Å². The van der Waals surface area contributed by atoms with E-state index in [0.717, 1.165) is 11.7 Å². The Bertz CT molecular complexity index is 613. The second-order valence-electron chi connectivity index (χ2n) is 6.99. The summed E-state index contributed by atoms with van der Waals surface area (Å²) in [5.74, 6) is 0.745. The zero-order valence-electron chi connectivity index (χ0n) is 16.7. The molecule has 0 spiro atoms. The number of aliphatic imine (C=N–C) groups is 1. The van der Waals surface area contributed by atoms with Crippen molar-refractivity contribution in [1.82, 2.24) is 19.7 Å². The zero-order valence-corrected chi connectivity index (χ0v) is 19.8. The number of nitrogens with one attached hydrogen (secondary N) is 1. The summed E-state index contributed by atoms with van der Waals surface area (Å²) in [4.78, 5) is 19.8. The van der Waals surface area contributed by atoms with Crippen molar-refractivity contribution in [3.8, 4) is 0 Å². The Balaban J connectivity index is 0.00000625. The Hall–Kier alpha value is -1.16. The van der Waals surface area contributed by atoms with E-state index >= 15 is 0 Å². The summed E-state index contributed by atoms with van der Waals surface area (Å²) in [5, 5.41) is 3.96. The third kappa shape index (κ3) is 8.48. The fourth-order valence-corrected chi connectivity index (χ4v) is 2.46. The molecule has 0 unspecified atom stereocenters. The van der Waals surface area contributed by atoms with E-state index in [4.69, 9.17) is 16.3 Å². The van der Waals surface area contributed by atoms with Crippen LogP contribution in [0.3, 0.4) is 0 Å². The second kappa shape index (κ2) is 10.9. The Morgan fingerprint density at radius 1 is 1.35 bits per heavy atom. The molecule has 9 heteroatoms. The lowest BCUT2D eigenvalue weighted by molar-refractivity contribution is 0.0302. The smallest absolute Gasteiger partial charge is 0.410 e. The highest BCUT2D eigenvalue weighted by Gasteiger charge is 2.19. The predicted octanol–water partition coefficient (Wildman–Crippen LogP) is 3.17. The van der Waals surface area contributed by atoms with Crippen LogP contribution in [0.4, 0.5) is 4.79 Å². The molecule has 0 saturated heterocycles. The van der Waals surface area contributed by atoms with Crippen LogP contribution in [0.2, 0.25) is 5.02 Å². The van der Waals surface area contributed by atoms with E-state index in [1.165, 1.54) is 0 Å². The number of likely N-dealkylation sites (N-methyl/N-ethyl adjacent to an activating group) is 1. The average Bonchev–Trinajstić information content (AvgIpc) is 2.79. The SMILES string of the molecule is CN=C(NCCN(C)C(=O)OC(C)(C)C)N(C)Cc1cc(Cl)cn1C.I. The molecule has 0 aromatic carbocycles. The van der Waals surface area contributed by atoms with Crippen molar-refractivity contribution in [3.05, 3.63) is 23.0 Å². The number of nitrogens with zero attached hydrogens (tertiary/aromatic N) is 4. The van der Waals surface area contributed by atoms with Crippen LogP contribution in [0.15, 0.2) is 17.3 Å². The van der Waals surface area contributed by atoms with Crippen LogP contribution in [-0.4, -0.2) is 66.3 Å². The maximum absolute atomic E-state index is 11.9. The summed E-state index contributed by atoms with van der Waals surface area (Å²) in [6.07, 6.45) is 1.53. The molecule has 1 aromatic heterocycles. The van der Waals surface area contributed by atoms with E-state index in [1.807, 2.05) is 56.6 Å². The van der Waals surface area contributed by atoms with Gasteiger partial charge in [0.05, 0.1) is 11.6 Å². The predicted molar refractivity (Wildman–Crippen MR) is 118 cm³/mol. The minimum atomic E-state index is -0.495. The number of aryl methyl sites for hydroxylation is 1. The van der Waals surface area contributed by atoms with Crippen LogP contribution in [0, 0.1) is 0 Å². The fraction of sp³-hybridized carbons (Fsp3) is 0.647. The van der Waals surface area contributed by atoms with Crippen LogP contribution < -0.4 is 5.32 Å². The largest absolute Gasteiger partial charge is 0.444 e. The molecule has 1 rings (SSSR count). The van der Waals surface area contributed by atoms with Gasteiger partial charge in [-0.25, -0.2) is 4.79 Å². The Kier molecular flexibility index (Phi) is 10.4. The molecule has 0 fully saturated rings. The number of aromatic nitrogens is 1. The first-order chi connectivity index (χ1) is 11.5. The monoisotopic (exact) mass is 499 g/mol. The third-order valence-corrected chi connectivity index (χ3v) is 3.69. The first kappa shape index (κ1) is 24.8. The van der Waals surface area contributed by atoms with Crippen molar-refractivity contribution in [1.29, 1.82) is 0 Å². The molecule has 26 heavy (non-hydrogen) atoms. The van der Waals surface area contributed by atoms with E-state index in [9.17, 15) is 4.79 Å². The van der Waals surface area contributed by atoms with Crippen LogP contribution in [0.1, 0.15) is 26.5 Å². The van der Waals surface area contributed by atoms with Gasteiger partial charge < -0.3 is 24.4 Å². The minimum absolute atomic E-state index is 0. The summed E-state index contributed by atoms with van der Waals surface area (Å²) in [6, 6.07) is 1.93. The number of rotatable bonds is 5. The standard InChI is InChI=1S/C17H30ClN5O2.HI/c1-17(2,3)25-16(24)21(5)9-8-20-15(19-4)23(7)12-14-10-13(18)11-22(14)6;/h10-11H,8-9,12H2,1-7H3,(H,19,20);1H. The lowest BCUT2D eigenvalue weighted by Crippen LogP contribution is -2.43. The Labute approximate surface area is 178 Å². The van der Waals surface area contributed by atoms with Gasteiger partial charge in [-0.15, -0.1) is 24.0 Å². The molecule has 0 atom stereocenters.